The summed E-state index contributed by atoms with van der Waals surface area (Å²) < 4.78 is 39.0. The van der Waals surface area contributed by atoms with Gasteiger partial charge in [-0.3, -0.25) is 4.79 Å². The minimum absolute atomic E-state index is 0.00354. The Hall–Kier alpha value is -1.50. The first-order valence-electron chi connectivity index (χ1n) is 6.14. The van der Waals surface area contributed by atoms with Gasteiger partial charge in [0, 0.05) is 17.8 Å². The highest BCUT2D eigenvalue weighted by Crippen LogP contribution is 2.36. The molecule has 1 amide bonds. The van der Waals surface area contributed by atoms with Gasteiger partial charge in [0.25, 0.3) is 5.91 Å². The van der Waals surface area contributed by atoms with Crippen LogP contribution in [0.2, 0.25) is 15.2 Å². The Morgan fingerprint density at radius 2 is 1.74 bits per heavy atom. The molecular weight excluding hydrogens is 376 g/mol. The molecule has 0 radical (unpaired) electrons. The van der Waals surface area contributed by atoms with Crippen molar-refractivity contribution in [2.24, 2.45) is 0 Å². The van der Waals surface area contributed by atoms with Crippen molar-refractivity contribution in [3.8, 4) is 0 Å². The van der Waals surface area contributed by atoms with Crippen molar-refractivity contribution in [2.45, 2.75) is 12.7 Å². The van der Waals surface area contributed by atoms with E-state index in [0.717, 1.165) is 0 Å². The molecule has 1 heterocycles. The Kier molecular flexibility index (Phi) is 5.39. The van der Waals surface area contributed by atoms with E-state index in [-0.39, 0.29) is 11.7 Å². The van der Waals surface area contributed by atoms with Crippen LogP contribution in [0.25, 0.3) is 0 Å². The third-order valence-electron chi connectivity index (χ3n) is 2.88. The Morgan fingerprint density at radius 3 is 2.30 bits per heavy atom. The van der Waals surface area contributed by atoms with E-state index in [2.05, 4.69) is 10.3 Å². The van der Waals surface area contributed by atoms with E-state index in [9.17, 15) is 18.0 Å². The average molecular weight is 384 g/mol. The number of aromatic nitrogens is 1. The molecule has 0 aliphatic carbocycles. The predicted molar refractivity (Wildman–Crippen MR) is 81.9 cm³/mol. The number of nitrogens with one attached hydrogen (secondary N) is 1. The van der Waals surface area contributed by atoms with Gasteiger partial charge in [0.15, 0.2) is 0 Å². The van der Waals surface area contributed by atoms with Gasteiger partial charge >= 0.3 is 6.18 Å². The molecule has 122 valence electrons. The number of hydrogen-bond donors (Lipinski definition) is 1. The molecule has 0 saturated heterocycles. The first-order valence-corrected chi connectivity index (χ1v) is 7.27. The number of rotatable bonds is 3. The van der Waals surface area contributed by atoms with E-state index in [1.807, 2.05) is 0 Å². The minimum atomic E-state index is -4.78. The summed E-state index contributed by atoms with van der Waals surface area (Å²) in [5.74, 6) is -0.999. The molecule has 2 rings (SSSR count). The highest BCUT2D eigenvalue weighted by molar-refractivity contribution is 6.43. The maximum Gasteiger partial charge on any atom is 0.418 e. The monoisotopic (exact) mass is 382 g/mol. The summed E-state index contributed by atoms with van der Waals surface area (Å²) in [6.07, 6.45) is -4.31. The standard InChI is InChI=1S/C14H8Cl3F3N2O/c15-8-3-1-7(2-4-8)5-22-13(23)10-9(14(18,19)20)6-21-12(17)11(10)16/h1-4,6H,5H2,(H,22,23). The molecule has 1 aromatic heterocycles. The van der Waals surface area contributed by atoms with Crippen molar-refractivity contribution < 1.29 is 18.0 Å². The molecular formula is C14H8Cl3F3N2O. The van der Waals surface area contributed by atoms with Crippen LogP contribution in [0.4, 0.5) is 13.2 Å². The number of pyridine rings is 1. The zero-order valence-corrected chi connectivity index (χ0v) is 13.5. The molecule has 2 aromatic rings. The van der Waals surface area contributed by atoms with Crippen LogP contribution in [0, 0.1) is 0 Å². The highest BCUT2D eigenvalue weighted by atomic mass is 35.5. The zero-order chi connectivity index (χ0) is 17.2. The van der Waals surface area contributed by atoms with Crippen molar-refractivity contribution in [1.29, 1.82) is 0 Å². The lowest BCUT2D eigenvalue weighted by Gasteiger charge is -2.14. The lowest BCUT2D eigenvalue weighted by molar-refractivity contribution is -0.138. The maximum atomic E-state index is 13.0. The molecule has 3 nitrogen and oxygen atoms in total. The molecule has 0 fully saturated rings. The highest BCUT2D eigenvalue weighted by Gasteiger charge is 2.37. The second-order valence-corrected chi connectivity index (χ2v) is 5.63. The minimum Gasteiger partial charge on any atom is -0.348 e. The van der Waals surface area contributed by atoms with Crippen LogP contribution >= 0.6 is 34.8 Å². The van der Waals surface area contributed by atoms with Crippen molar-refractivity contribution in [2.75, 3.05) is 0 Å². The molecule has 23 heavy (non-hydrogen) atoms. The summed E-state index contributed by atoms with van der Waals surface area (Å²) in [7, 11) is 0. The van der Waals surface area contributed by atoms with Crippen LogP contribution in [-0.2, 0) is 12.7 Å². The molecule has 1 N–H and O–H groups in total. The lowest BCUT2D eigenvalue weighted by atomic mass is 10.1. The molecule has 0 saturated carbocycles. The molecule has 0 atom stereocenters. The van der Waals surface area contributed by atoms with E-state index >= 15 is 0 Å². The Morgan fingerprint density at radius 1 is 1.13 bits per heavy atom. The van der Waals surface area contributed by atoms with Gasteiger partial charge in [-0.05, 0) is 17.7 Å². The van der Waals surface area contributed by atoms with E-state index < -0.39 is 28.2 Å². The van der Waals surface area contributed by atoms with Gasteiger partial charge in [0.1, 0.15) is 5.15 Å². The lowest BCUT2D eigenvalue weighted by Crippen LogP contribution is -2.26. The van der Waals surface area contributed by atoms with Crippen molar-refractivity contribution in [3.05, 3.63) is 62.4 Å². The number of hydrogen-bond acceptors (Lipinski definition) is 2. The summed E-state index contributed by atoms with van der Waals surface area (Å²) >= 11 is 17.1. The zero-order valence-electron chi connectivity index (χ0n) is 11.2. The fraction of sp³-hybridized carbons (Fsp3) is 0.143. The average Bonchev–Trinajstić information content (AvgIpc) is 2.47. The third kappa shape index (κ3) is 4.28. The number of alkyl halides is 3. The summed E-state index contributed by atoms with van der Waals surface area (Å²) in [6.45, 7) is 0.00354. The van der Waals surface area contributed by atoms with Gasteiger partial charge in [-0.2, -0.15) is 13.2 Å². The molecule has 0 spiro atoms. The number of amides is 1. The fourth-order valence-corrected chi connectivity index (χ4v) is 2.28. The van der Waals surface area contributed by atoms with Gasteiger partial charge in [-0.1, -0.05) is 46.9 Å². The number of carbonyl (C=O) groups is 1. The Labute approximate surface area is 144 Å². The molecule has 1 aromatic carbocycles. The van der Waals surface area contributed by atoms with Crippen LogP contribution in [0.5, 0.6) is 0 Å². The van der Waals surface area contributed by atoms with Gasteiger partial charge in [-0.25, -0.2) is 4.98 Å². The van der Waals surface area contributed by atoms with Gasteiger partial charge < -0.3 is 5.32 Å². The summed E-state index contributed by atoms with van der Waals surface area (Å²) in [4.78, 5) is 15.5. The molecule has 0 bridgehead atoms. The Balaban J connectivity index is 2.28. The van der Waals surface area contributed by atoms with Crippen molar-refractivity contribution >= 4 is 40.7 Å². The Bertz CT molecular complexity index is 733. The summed E-state index contributed by atoms with van der Waals surface area (Å²) in [5.41, 5.74) is -1.35. The topological polar surface area (TPSA) is 42.0 Å². The van der Waals surface area contributed by atoms with E-state index in [4.69, 9.17) is 34.8 Å². The van der Waals surface area contributed by atoms with Crippen molar-refractivity contribution in [1.82, 2.24) is 10.3 Å². The first kappa shape index (κ1) is 17.8. The number of carbonyl (C=O) groups excluding carboxylic acids is 1. The smallest absolute Gasteiger partial charge is 0.348 e. The van der Waals surface area contributed by atoms with Gasteiger partial charge in [0.05, 0.1) is 16.1 Å². The summed E-state index contributed by atoms with van der Waals surface area (Å²) in [6, 6.07) is 6.46. The molecule has 0 aliphatic rings. The van der Waals surface area contributed by atoms with Gasteiger partial charge in [-0.15, -0.1) is 0 Å². The number of nitrogens with zero attached hydrogens (tertiary/aromatic N) is 1. The quantitative estimate of drug-likeness (QED) is 0.759. The maximum absolute atomic E-state index is 13.0. The van der Waals surface area contributed by atoms with Crippen LogP contribution in [0.3, 0.4) is 0 Å². The summed E-state index contributed by atoms with van der Waals surface area (Å²) in [5, 5.41) is 1.94. The van der Waals surface area contributed by atoms with Crippen LogP contribution in [0.15, 0.2) is 30.5 Å². The molecule has 0 unspecified atom stereocenters. The molecule has 9 heteroatoms. The first-order chi connectivity index (χ1) is 10.7. The van der Waals surface area contributed by atoms with Crippen LogP contribution in [0.1, 0.15) is 21.5 Å². The van der Waals surface area contributed by atoms with Gasteiger partial charge in [0.2, 0.25) is 0 Å². The predicted octanol–water partition coefficient (Wildman–Crippen LogP) is 4.99. The molecule has 0 aliphatic heterocycles. The van der Waals surface area contributed by atoms with E-state index in [0.29, 0.717) is 16.8 Å². The van der Waals surface area contributed by atoms with Crippen molar-refractivity contribution in [3.63, 3.8) is 0 Å². The van der Waals surface area contributed by atoms with E-state index in [1.54, 1.807) is 24.3 Å². The SMILES string of the molecule is O=C(NCc1ccc(Cl)cc1)c1c(C(F)(F)F)cnc(Cl)c1Cl. The fourth-order valence-electron chi connectivity index (χ4n) is 1.77. The second-order valence-electron chi connectivity index (χ2n) is 4.46. The number of halogens is 6. The third-order valence-corrected chi connectivity index (χ3v) is 3.88. The van der Waals surface area contributed by atoms with Crippen LogP contribution in [-0.4, -0.2) is 10.9 Å². The van der Waals surface area contributed by atoms with E-state index in [1.165, 1.54) is 0 Å². The largest absolute Gasteiger partial charge is 0.418 e. The number of benzene rings is 1. The normalized spacial score (nSPS) is 11.4. The van der Waals surface area contributed by atoms with Crippen LogP contribution < -0.4 is 5.32 Å². The second kappa shape index (κ2) is 6.95.